The Balaban J connectivity index is 1.68. The van der Waals surface area contributed by atoms with Gasteiger partial charge in [0.25, 0.3) is 5.91 Å². The van der Waals surface area contributed by atoms with Gasteiger partial charge >= 0.3 is 6.03 Å². The largest absolute Gasteiger partial charge is 0.339 e. The van der Waals surface area contributed by atoms with Crippen LogP contribution in [-0.2, 0) is 6.54 Å². The molecule has 0 atom stereocenters. The first-order chi connectivity index (χ1) is 14.5. The van der Waals surface area contributed by atoms with Crippen LogP contribution in [0.25, 0.3) is 0 Å². The zero-order valence-corrected chi connectivity index (χ0v) is 18.0. The second-order valence-electron chi connectivity index (χ2n) is 8.07. The third-order valence-corrected chi connectivity index (χ3v) is 5.32. The van der Waals surface area contributed by atoms with Crippen molar-refractivity contribution in [2.75, 3.05) is 45.6 Å². The number of likely N-dealkylation sites (tertiary alicyclic amines) is 1. The molecule has 1 fully saturated rings. The molecule has 1 aliphatic heterocycles. The van der Waals surface area contributed by atoms with Gasteiger partial charge in [-0.25, -0.2) is 4.79 Å². The van der Waals surface area contributed by atoms with Gasteiger partial charge in [0.15, 0.2) is 0 Å². The number of anilines is 1. The number of nitrogens with zero attached hydrogens (tertiary/aromatic N) is 3. The number of carbonyl (C=O) groups excluding carboxylic acids is 2. The van der Waals surface area contributed by atoms with Gasteiger partial charge in [-0.3, -0.25) is 4.79 Å². The summed E-state index contributed by atoms with van der Waals surface area (Å²) < 4.78 is 0. The second kappa shape index (κ2) is 10.8. The Morgan fingerprint density at radius 1 is 0.933 bits per heavy atom. The highest BCUT2D eigenvalue weighted by molar-refractivity contribution is 5.97. The maximum absolute atomic E-state index is 13.0. The maximum Gasteiger partial charge on any atom is 0.322 e. The van der Waals surface area contributed by atoms with Crippen molar-refractivity contribution in [3.05, 3.63) is 65.7 Å². The van der Waals surface area contributed by atoms with E-state index in [4.69, 9.17) is 0 Å². The van der Waals surface area contributed by atoms with Gasteiger partial charge in [-0.1, -0.05) is 36.4 Å². The van der Waals surface area contributed by atoms with Crippen molar-refractivity contribution in [2.45, 2.75) is 25.8 Å². The molecule has 2 aromatic rings. The average Bonchev–Trinajstić information content (AvgIpc) is 2.77. The minimum atomic E-state index is -0.164. The summed E-state index contributed by atoms with van der Waals surface area (Å²) in [6, 6.07) is 17.1. The van der Waals surface area contributed by atoms with Crippen molar-refractivity contribution in [2.24, 2.45) is 0 Å². The molecule has 0 unspecified atom stereocenters. The molecule has 0 aliphatic carbocycles. The summed E-state index contributed by atoms with van der Waals surface area (Å²) >= 11 is 0. The van der Waals surface area contributed by atoms with E-state index in [1.165, 1.54) is 6.42 Å². The van der Waals surface area contributed by atoms with Crippen molar-refractivity contribution in [1.29, 1.82) is 0 Å². The van der Waals surface area contributed by atoms with Crippen LogP contribution in [0.4, 0.5) is 10.5 Å². The summed E-state index contributed by atoms with van der Waals surface area (Å²) in [5, 5.41) is 2.98. The van der Waals surface area contributed by atoms with E-state index in [0.717, 1.165) is 38.0 Å². The van der Waals surface area contributed by atoms with E-state index in [1.807, 2.05) is 67.5 Å². The molecule has 0 spiro atoms. The van der Waals surface area contributed by atoms with Crippen molar-refractivity contribution in [3.8, 4) is 0 Å². The Bertz CT molecular complexity index is 832. The van der Waals surface area contributed by atoms with E-state index in [9.17, 15) is 9.59 Å². The molecule has 0 bridgehead atoms. The number of amides is 3. The van der Waals surface area contributed by atoms with E-state index >= 15 is 0 Å². The Hall–Kier alpha value is -2.86. The van der Waals surface area contributed by atoms with Crippen LogP contribution >= 0.6 is 0 Å². The number of rotatable bonds is 7. The van der Waals surface area contributed by atoms with Gasteiger partial charge in [-0.05, 0) is 57.1 Å². The molecule has 6 nitrogen and oxygen atoms in total. The van der Waals surface area contributed by atoms with Crippen molar-refractivity contribution >= 4 is 17.6 Å². The number of benzene rings is 2. The molecule has 1 N–H and O–H groups in total. The molecule has 6 heteroatoms. The molecule has 2 aromatic carbocycles. The molecule has 30 heavy (non-hydrogen) atoms. The van der Waals surface area contributed by atoms with E-state index in [0.29, 0.717) is 24.3 Å². The van der Waals surface area contributed by atoms with Crippen molar-refractivity contribution in [1.82, 2.24) is 14.7 Å². The topological polar surface area (TPSA) is 55.9 Å². The third kappa shape index (κ3) is 6.32. The standard InChI is InChI=1S/C24H32N4O2/c1-26(2)16-17-28(19-20-10-5-3-6-11-20)24(30)25-22-13-9-12-21(18-22)23(29)27-14-7-4-8-15-27/h3,5-6,9-13,18H,4,7-8,14-17,19H2,1-2H3,(H,25,30). The van der Waals surface area contributed by atoms with Crippen molar-refractivity contribution < 1.29 is 9.59 Å². The van der Waals surface area contributed by atoms with Gasteiger partial charge in [0, 0.05) is 44.0 Å². The number of hydrogen-bond donors (Lipinski definition) is 1. The minimum absolute atomic E-state index is 0.0412. The minimum Gasteiger partial charge on any atom is -0.339 e. The predicted molar refractivity (Wildman–Crippen MR) is 121 cm³/mol. The van der Waals surface area contributed by atoms with Crippen LogP contribution in [0.15, 0.2) is 54.6 Å². The second-order valence-corrected chi connectivity index (χ2v) is 8.07. The van der Waals surface area contributed by atoms with E-state index in [2.05, 4.69) is 10.2 Å². The summed E-state index contributed by atoms with van der Waals surface area (Å²) in [5.41, 5.74) is 2.35. The van der Waals surface area contributed by atoms with Crippen LogP contribution < -0.4 is 5.32 Å². The Labute approximate surface area is 179 Å². The normalized spacial score (nSPS) is 13.9. The fourth-order valence-electron chi connectivity index (χ4n) is 3.59. The van der Waals surface area contributed by atoms with E-state index in [1.54, 1.807) is 11.0 Å². The molecule has 160 valence electrons. The monoisotopic (exact) mass is 408 g/mol. The molecular weight excluding hydrogens is 376 g/mol. The third-order valence-electron chi connectivity index (χ3n) is 5.32. The van der Waals surface area contributed by atoms with Crippen LogP contribution in [0.3, 0.4) is 0 Å². The van der Waals surface area contributed by atoms with E-state index in [-0.39, 0.29) is 11.9 Å². The average molecular weight is 409 g/mol. The zero-order valence-electron chi connectivity index (χ0n) is 18.0. The zero-order chi connectivity index (χ0) is 21.3. The van der Waals surface area contributed by atoms with Crippen LogP contribution in [0, 0.1) is 0 Å². The molecule has 0 aromatic heterocycles. The number of piperidine rings is 1. The highest BCUT2D eigenvalue weighted by Gasteiger charge is 2.19. The number of likely N-dealkylation sites (N-methyl/N-ethyl adjacent to an activating group) is 1. The molecule has 1 saturated heterocycles. The smallest absolute Gasteiger partial charge is 0.322 e. The Kier molecular flexibility index (Phi) is 7.85. The predicted octanol–water partition coefficient (Wildman–Crippen LogP) is 3.91. The number of carbonyl (C=O) groups is 2. The fourth-order valence-corrected chi connectivity index (χ4v) is 3.59. The maximum atomic E-state index is 13.0. The first-order valence-corrected chi connectivity index (χ1v) is 10.7. The van der Waals surface area contributed by atoms with Gasteiger partial charge in [0.1, 0.15) is 0 Å². The van der Waals surface area contributed by atoms with E-state index < -0.39 is 0 Å². The number of urea groups is 1. The summed E-state index contributed by atoms with van der Waals surface area (Å²) in [6.45, 7) is 3.54. The molecule has 0 radical (unpaired) electrons. The summed E-state index contributed by atoms with van der Waals surface area (Å²) in [4.78, 5) is 31.6. The number of hydrogen-bond acceptors (Lipinski definition) is 3. The lowest BCUT2D eigenvalue weighted by Gasteiger charge is -2.27. The molecule has 1 heterocycles. The highest BCUT2D eigenvalue weighted by atomic mass is 16.2. The van der Waals surface area contributed by atoms with Gasteiger partial charge in [0.05, 0.1) is 0 Å². The lowest BCUT2D eigenvalue weighted by Crippen LogP contribution is -2.39. The van der Waals surface area contributed by atoms with Gasteiger partial charge in [0.2, 0.25) is 0 Å². The molecular formula is C24H32N4O2. The number of nitrogens with one attached hydrogen (secondary N) is 1. The lowest BCUT2D eigenvalue weighted by atomic mass is 10.1. The summed E-state index contributed by atoms with van der Waals surface area (Å²) in [6.07, 6.45) is 3.30. The molecule has 3 rings (SSSR count). The van der Waals surface area contributed by atoms with Gasteiger partial charge in [-0.2, -0.15) is 0 Å². The fraction of sp³-hybridized carbons (Fsp3) is 0.417. The van der Waals surface area contributed by atoms with Crippen LogP contribution in [-0.4, -0.2) is 66.9 Å². The van der Waals surface area contributed by atoms with Crippen LogP contribution in [0.5, 0.6) is 0 Å². The Morgan fingerprint density at radius 3 is 2.37 bits per heavy atom. The molecule has 0 saturated carbocycles. The molecule has 1 aliphatic rings. The summed E-state index contributed by atoms with van der Waals surface area (Å²) in [5.74, 6) is 0.0412. The highest BCUT2D eigenvalue weighted by Crippen LogP contribution is 2.17. The quantitative estimate of drug-likeness (QED) is 0.756. The van der Waals surface area contributed by atoms with Gasteiger partial charge < -0.3 is 20.0 Å². The lowest BCUT2D eigenvalue weighted by molar-refractivity contribution is 0.0724. The first-order valence-electron chi connectivity index (χ1n) is 10.7. The Morgan fingerprint density at radius 2 is 1.67 bits per heavy atom. The van der Waals surface area contributed by atoms with Crippen molar-refractivity contribution in [3.63, 3.8) is 0 Å². The SMILES string of the molecule is CN(C)CCN(Cc1ccccc1)C(=O)Nc1cccc(C(=O)N2CCCCC2)c1. The van der Waals surface area contributed by atoms with Gasteiger partial charge in [-0.15, -0.1) is 0 Å². The van der Waals surface area contributed by atoms with Crippen LogP contribution in [0.1, 0.15) is 35.2 Å². The summed E-state index contributed by atoms with van der Waals surface area (Å²) in [7, 11) is 3.99. The first kappa shape index (κ1) is 21.8. The molecule has 3 amide bonds. The van der Waals surface area contributed by atoms with Crippen LogP contribution in [0.2, 0.25) is 0 Å².